The highest BCUT2D eigenvalue weighted by Crippen LogP contribution is 2.40. The molecular formula is C23H28ClN3S. The van der Waals surface area contributed by atoms with Gasteiger partial charge in [0.1, 0.15) is 0 Å². The second-order valence-corrected chi connectivity index (χ2v) is 8.61. The second kappa shape index (κ2) is 9.64. The number of halogens is 1. The summed E-state index contributed by atoms with van der Waals surface area (Å²) in [6.45, 7) is 4.52. The fourth-order valence-corrected chi connectivity index (χ4v) is 5.01. The first-order chi connectivity index (χ1) is 13.3. The third-order valence-electron chi connectivity index (χ3n) is 6.11. The van der Waals surface area contributed by atoms with Crippen molar-refractivity contribution in [1.29, 1.82) is 0 Å². The lowest BCUT2D eigenvalue weighted by molar-refractivity contribution is 0.114. The van der Waals surface area contributed by atoms with E-state index < -0.39 is 0 Å². The zero-order valence-corrected chi connectivity index (χ0v) is 18.0. The molecule has 1 saturated heterocycles. The number of hydrogen-bond acceptors (Lipinski definition) is 4. The summed E-state index contributed by atoms with van der Waals surface area (Å²) in [4.78, 5) is 13.2. The molecular weight excluding hydrogens is 386 g/mol. The predicted octanol–water partition coefficient (Wildman–Crippen LogP) is 5.69. The van der Waals surface area contributed by atoms with E-state index in [0.717, 1.165) is 19.5 Å². The van der Waals surface area contributed by atoms with Crippen molar-refractivity contribution in [2.75, 3.05) is 13.1 Å². The number of piperidine rings is 1. The maximum Gasteiger partial charge on any atom is 0.0466 e. The summed E-state index contributed by atoms with van der Waals surface area (Å²) in [6.07, 6.45) is 10.5. The van der Waals surface area contributed by atoms with Gasteiger partial charge in [-0.3, -0.25) is 14.9 Å². The van der Waals surface area contributed by atoms with E-state index in [1.54, 1.807) is 0 Å². The molecule has 3 aromatic rings. The number of likely N-dealkylation sites (tertiary alicyclic amines) is 1. The molecule has 148 valence electrons. The molecule has 0 amide bonds. The van der Waals surface area contributed by atoms with Crippen molar-refractivity contribution < 1.29 is 0 Å². The van der Waals surface area contributed by atoms with Crippen LogP contribution in [0.3, 0.4) is 0 Å². The van der Waals surface area contributed by atoms with Crippen LogP contribution in [0.4, 0.5) is 0 Å². The van der Waals surface area contributed by atoms with Gasteiger partial charge in [-0.25, -0.2) is 0 Å². The Labute approximate surface area is 178 Å². The molecule has 28 heavy (non-hydrogen) atoms. The van der Waals surface area contributed by atoms with Gasteiger partial charge in [0.15, 0.2) is 0 Å². The van der Waals surface area contributed by atoms with Gasteiger partial charge in [-0.2, -0.15) is 0 Å². The van der Waals surface area contributed by atoms with Gasteiger partial charge in [-0.05, 0) is 80.9 Å². The lowest BCUT2D eigenvalue weighted by Gasteiger charge is -2.43. The van der Waals surface area contributed by atoms with Gasteiger partial charge in [0, 0.05) is 40.6 Å². The molecule has 0 aromatic carbocycles. The molecule has 1 unspecified atom stereocenters. The lowest BCUT2D eigenvalue weighted by Crippen LogP contribution is -2.44. The summed E-state index contributed by atoms with van der Waals surface area (Å²) < 4.78 is 0. The minimum atomic E-state index is 0. The summed E-state index contributed by atoms with van der Waals surface area (Å²) in [5.41, 5.74) is 2.77. The first-order valence-electron chi connectivity index (χ1n) is 9.85. The van der Waals surface area contributed by atoms with Crippen molar-refractivity contribution in [1.82, 2.24) is 14.9 Å². The SMILES string of the molecule is CC(c1cccnc1)N1CCC(CCc2cccs2)(c2ccccn2)CC1.Cl. The normalized spacial score (nSPS) is 17.6. The Balaban J connectivity index is 0.00000225. The average molecular weight is 414 g/mol. The van der Waals surface area contributed by atoms with Crippen LogP contribution in [0.5, 0.6) is 0 Å². The van der Waals surface area contributed by atoms with E-state index in [4.69, 9.17) is 4.98 Å². The third-order valence-corrected chi connectivity index (χ3v) is 7.04. The van der Waals surface area contributed by atoms with Crippen molar-refractivity contribution in [2.45, 2.75) is 44.1 Å². The van der Waals surface area contributed by atoms with Gasteiger partial charge in [0.25, 0.3) is 0 Å². The Hall–Kier alpha value is -1.75. The predicted molar refractivity (Wildman–Crippen MR) is 119 cm³/mol. The highest BCUT2D eigenvalue weighted by Gasteiger charge is 2.38. The minimum absolute atomic E-state index is 0. The van der Waals surface area contributed by atoms with Crippen molar-refractivity contribution in [3.05, 3.63) is 82.6 Å². The average Bonchev–Trinajstić information content (AvgIpc) is 3.27. The van der Waals surface area contributed by atoms with E-state index in [2.05, 4.69) is 52.5 Å². The van der Waals surface area contributed by atoms with Crippen molar-refractivity contribution in [3.8, 4) is 0 Å². The van der Waals surface area contributed by atoms with E-state index in [1.165, 1.54) is 35.4 Å². The second-order valence-electron chi connectivity index (χ2n) is 7.57. The van der Waals surface area contributed by atoms with Gasteiger partial charge in [-0.1, -0.05) is 18.2 Å². The van der Waals surface area contributed by atoms with Gasteiger partial charge in [0.2, 0.25) is 0 Å². The summed E-state index contributed by atoms with van der Waals surface area (Å²) in [5, 5.41) is 2.18. The Morgan fingerprint density at radius 3 is 2.57 bits per heavy atom. The van der Waals surface area contributed by atoms with Crippen LogP contribution < -0.4 is 0 Å². The Morgan fingerprint density at radius 2 is 1.93 bits per heavy atom. The Bertz CT molecular complexity index is 816. The summed E-state index contributed by atoms with van der Waals surface area (Å²) in [6, 6.07) is 15.5. The van der Waals surface area contributed by atoms with Gasteiger partial charge in [0.05, 0.1) is 0 Å². The van der Waals surface area contributed by atoms with Crippen LogP contribution >= 0.6 is 23.7 Å². The van der Waals surface area contributed by atoms with Crippen LogP contribution in [0, 0.1) is 0 Å². The van der Waals surface area contributed by atoms with Crippen LogP contribution in [0.1, 0.15) is 48.4 Å². The molecule has 0 radical (unpaired) electrons. The standard InChI is InChI=1S/C23H27N3S.ClH/c1-19(20-6-4-13-24-18-20)26-15-11-23(12-16-26,22-8-2-3-14-25-22)10-9-21-7-5-17-27-21;/h2-8,13-14,17-19H,9-12,15-16H2,1H3;1H. The minimum Gasteiger partial charge on any atom is -0.296 e. The van der Waals surface area contributed by atoms with E-state index >= 15 is 0 Å². The van der Waals surface area contributed by atoms with Crippen LogP contribution in [-0.4, -0.2) is 28.0 Å². The Kier molecular flexibility index (Phi) is 7.22. The monoisotopic (exact) mass is 413 g/mol. The molecule has 4 heterocycles. The van der Waals surface area contributed by atoms with Crippen LogP contribution in [0.2, 0.25) is 0 Å². The van der Waals surface area contributed by atoms with E-state index in [1.807, 2.05) is 42.1 Å². The fraction of sp³-hybridized carbons (Fsp3) is 0.391. The van der Waals surface area contributed by atoms with Crippen LogP contribution in [-0.2, 0) is 11.8 Å². The number of rotatable bonds is 6. The van der Waals surface area contributed by atoms with Gasteiger partial charge < -0.3 is 0 Å². The van der Waals surface area contributed by atoms with Crippen molar-refractivity contribution >= 4 is 23.7 Å². The molecule has 1 atom stereocenters. The van der Waals surface area contributed by atoms with Crippen LogP contribution in [0.25, 0.3) is 0 Å². The molecule has 0 N–H and O–H groups in total. The van der Waals surface area contributed by atoms with E-state index in [-0.39, 0.29) is 17.8 Å². The number of aryl methyl sites for hydroxylation is 1. The molecule has 5 heteroatoms. The topological polar surface area (TPSA) is 29.0 Å². The van der Waals surface area contributed by atoms with Crippen LogP contribution in [0.15, 0.2) is 66.4 Å². The molecule has 3 aromatic heterocycles. The van der Waals surface area contributed by atoms with Gasteiger partial charge in [-0.15, -0.1) is 23.7 Å². The first-order valence-corrected chi connectivity index (χ1v) is 10.7. The van der Waals surface area contributed by atoms with Crippen molar-refractivity contribution in [3.63, 3.8) is 0 Å². The quantitative estimate of drug-likeness (QED) is 0.520. The first kappa shape index (κ1) is 21.0. The summed E-state index contributed by atoms with van der Waals surface area (Å²) in [7, 11) is 0. The van der Waals surface area contributed by atoms with Gasteiger partial charge >= 0.3 is 0 Å². The molecule has 4 rings (SSSR count). The highest BCUT2D eigenvalue weighted by atomic mass is 35.5. The summed E-state index contributed by atoms with van der Waals surface area (Å²) >= 11 is 1.87. The molecule has 0 spiro atoms. The molecule has 1 fully saturated rings. The van der Waals surface area contributed by atoms with Crippen molar-refractivity contribution in [2.24, 2.45) is 0 Å². The lowest BCUT2D eigenvalue weighted by atomic mass is 9.71. The smallest absolute Gasteiger partial charge is 0.0466 e. The molecule has 1 aliphatic rings. The molecule has 0 bridgehead atoms. The maximum absolute atomic E-state index is 4.78. The molecule has 0 saturated carbocycles. The zero-order valence-electron chi connectivity index (χ0n) is 16.3. The van der Waals surface area contributed by atoms with E-state index in [0.29, 0.717) is 6.04 Å². The molecule has 1 aliphatic heterocycles. The molecule has 3 nitrogen and oxygen atoms in total. The van der Waals surface area contributed by atoms with E-state index in [9.17, 15) is 0 Å². The Morgan fingerprint density at radius 1 is 1.07 bits per heavy atom. The number of hydrogen-bond donors (Lipinski definition) is 0. The number of thiophene rings is 1. The zero-order chi connectivity index (χ0) is 18.5. The maximum atomic E-state index is 4.78. The number of pyridine rings is 2. The number of aromatic nitrogens is 2. The molecule has 0 aliphatic carbocycles. The summed E-state index contributed by atoms with van der Waals surface area (Å²) in [5.74, 6) is 0. The fourth-order valence-electron chi connectivity index (χ4n) is 4.30. The number of nitrogens with zero attached hydrogens (tertiary/aromatic N) is 3. The third kappa shape index (κ3) is 4.62. The largest absolute Gasteiger partial charge is 0.296 e. The highest BCUT2D eigenvalue weighted by molar-refractivity contribution is 7.09.